The molecule has 2 aromatic rings. The Balaban J connectivity index is 2.38. The molecule has 0 saturated heterocycles. The van der Waals surface area contributed by atoms with Crippen LogP contribution in [0.1, 0.15) is 25.0 Å². The predicted molar refractivity (Wildman–Crippen MR) is 125 cm³/mol. The Morgan fingerprint density at radius 1 is 1.12 bits per heavy atom. The van der Waals surface area contributed by atoms with Crippen LogP contribution in [-0.4, -0.2) is 57.6 Å². The molecule has 9 heteroatoms. The summed E-state index contributed by atoms with van der Waals surface area (Å²) in [5, 5.41) is 2.72. The number of nitrogens with zero attached hydrogens (tertiary/aromatic N) is 2. The maximum atomic E-state index is 13.4. The van der Waals surface area contributed by atoms with E-state index in [-0.39, 0.29) is 12.5 Å². The molecule has 0 heterocycles. The van der Waals surface area contributed by atoms with Crippen molar-refractivity contribution in [2.75, 3.05) is 30.8 Å². The number of ether oxygens (including phenoxy) is 1. The third-order valence-corrected chi connectivity index (χ3v) is 6.15. The smallest absolute Gasteiger partial charge is 0.244 e. The second-order valence-electron chi connectivity index (χ2n) is 7.55. The zero-order valence-corrected chi connectivity index (χ0v) is 20.0. The molecule has 0 saturated carbocycles. The number of hydrogen-bond donors (Lipinski definition) is 1. The van der Waals surface area contributed by atoms with Crippen LogP contribution in [0.15, 0.2) is 48.5 Å². The van der Waals surface area contributed by atoms with Crippen LogP contribution in [-0.2, 0) is 26.2 Å². The minimum absolute atomic E-state index is 0.125. The first-order valence-electron chi connectivity index (χ1n) is 10.3. The number of nitrogens with one attached hydrogen (secondary N) is 1. The highest BCUT2D eigenvalue weighted by molar-refractivity contribution is 7.92. The molecular formula is C23H31N3O5S. The number of aryl methyl sites for hydroxylation is 1. The number of amides is 2. The van der Waals surface area contributed by atoms with Gasteiger partial charge in [0, 0.05) is 13.1 Å². The molecule has 2 aromatic carbocycles. The first-order chi connectivity index (χ1) is 15.1. The van der Waals surface area contributed by atoms with E-state index in [0.717, 1.165) is 21.7 Å². The van der Waals surface area contributed by atoms with E-state index in [9.17, 15) is 18.0 Å². The summed E-state index contributed by atoms with van der Waals surface area (Å²) >= 11 is 0. The molecule has 0 aliphatic carbocycles. The summed E-state index contributed by atoms with van der Waals surface area (Å²) in [6.07, 6.45) is 1.06. The summed E-state index contributed by atoms with van der Waals surface area (Å²) < 4.78 is 31.3. The van der Waals surface area contributed by atoms with Gasteiger partial charge in [0.2, 0.25) is 21.8 Å². The average molecular weight is 462 g/mol. The van der Waals surface area contributed by atoms with Crippen LogP contribution in [0.2, 0.25) is 0 Å². The van der Waals surface area contributed by atoms with Gasteiger partial charge in [-0.3, -0.25) is 13.9 Å². The van der Waals surface area contributed by atoms with Crippen molar-refractivity contribution >= 4 is 27.5 Å². The molecule has 2 rings (SSSR count). The van der Waals surface area contributed by atoms with E-state index in [2.05, 4.69) is 5.32 Å². The molecule has 1 N–H and O–H groups in total. The van der Waals surface area contributed by atoms with Crippen LogP contribution < -0.4 is 14.4 Å². The number of methoxy groups -OCH3 is 1. The fourth-order valence-corrected chi connectivity index (χ4v) is 4.05. The zero-order valence-electron chi connectivity index (χ0n) is 19.2. The van der Waals surface area contributed by atoms with E-state index >= 15 is 0 Å². The SMILES string of the molecule is CCNC(=O)C(C)N(Cc1cccc(OC)c1)C(=O)CN(c1ccc(C)cc1)S(C)(=O)=O. The minimum Gasteiger partial charge on any atom is -0.497 e. The molecule has 0 aliphatic heterocycles. The first kappa shape index (κ1) is 25.2. The molecule has 0 radical (unpaired) electrons. The summed E-state index contributed by atoms with van der Waals surface area (Å²) in [5.41, 5.74) is 2.12. The first-order valence-corrected chi connectivity index (χ1v) is 12.2. The van der Waals surface area contributed by atoms with E-state index in [1.54, 1.807) is 63.4 Å². The van der Waals surface area contributed by atoms with E-state index < -0.39 is 28.5 Å². The van der Waals surface area contributed by atoms with Gasteiger partial charge in [-0.15, -0.1) is 0 Å². The summed E-state index contributed by atoms with van der Waals surface area (Å²) in [7, 11) is -2.19. The van der Waals surface area contributed by atoms with Gasteiger partial charge in [-0.2, -0.15) is 0 Å². The number of anilines is 1. The van der Waals surface area contributed by atoms with Crippen molar-refractivity contribution in [3.63, 3.8) is 0 Å². The lowest BCUT2D eigenvalue weighted by Gasteiger charge is -2.31. The lowest BCUT2D eigenvalue weighted by molar-refractivity contribution is -0.139. The van der Waals surface area contributed by atoms with Crippen LogP contribution >= 0.6 is 0 Å². The van der Waals surface area contributed by atoms with Gasteiger partial charge >= 0.3 is 0 Å². The van der Waals surface area contributed by atoms with Crippen molar-refractivity contribution in [2.24, 2.45) is 0 Å². The molecule has 0 fully saturated rings. The number of benzene rings is 2. The standard InChI is InChI=1S/C23H31N3O5S/c1-6-24-23(28)18(3)25(15-19-8-7-9-21(14-19)31-4)22(27)16-26(32(5,29)30)20-12-10-17(2)11-13-20/h7-14,18H,6,15-16H2,1-5H3,(H,24,28). The number of carbonyl (C=O) groups excluding carboxylic acids is 2. The van der Waals surface area contributed by atoms with Gasteiger partial charge in [-0.25, -0.2) is 8.42 Å². The number of carbonyl (C=O) groups is 2. The van der Waals surface area contributed by atoms with Gasteiger partial charge in [0.1, 0.15) is 18.3 Å². The minimum atomic E-state index is -3.73. The monoisotopic (exact) mass is 461 g/mol. The number of rotatable bonds is 10. The Kier molecular flexibility index (Phi) is 8.65. The molecule has 2 amide bonds. The van der Waals surface area contributed by atoms with E-state index in [1.807, 2.05) is 13.0 Å². The largest absolute Gasteiger partial charge is 0.497 e. The maximum Gasteiger partial charge on any atom is 0.244 e. The summed E-state index contributed by atoms with van der Waals surface area (Å²) in [4.78, 5) is 27.3. The molecule has 32 heavy (non-hydrogen) atoms. The van der Waals surface area contributed by atoms with Crippen LogP contribution in [0, 0.1) is 6.92 Å². The van der Waals surface area contributed by atoms with Gasteiger partial charge in [0.15, 0.2) is 0 Å². The Hall–Kier alpha value is -3.07. The highest BCUT2D eigenvalue weighted by Crippen LogP contribution is 2.20. The van der Waals surface area contributed by atoms with Crippen LogP contribution in [0.3, 0.4) is 0 Å². The fourth-order valence-electron chi connectivity index (χ4n) is 3.20. The van der Waals surface area contributed by atoms with E-state index in [4.69, 9.17) is 4.74 Å². The van der Waals surface area contributed by atoms with Crippen LogP contribution in [0.5, 0.6) is 5.75 Å². The predicted octanol–water partition coefficient (Wildman–Crippen LogP) is 2.32. The van der Waals surface area contributed by atoms with Crippen molar-refractivity contribution in [1.29, 1.82) is 0 Å². The molecule has 0 spiro atoms. The second kappa shape index (κ2) is 11.0. The van der Waals surface area contributed by atoms with Gasteiger partial charge in [-0.05, 0) is 50.6 Å². The number of likely N-dealkylation sites (N-methyl/N-ethyl adjacent to an activating group) is 1. The van der Waals surface area contributed by atoms with Gasteiger partial charge in [0.05, 0.1) is 19.1 Å². The van der Waals surface area contributed by atoms with Crippen molar-refractivity contribution in [2.45, 2.75) is 33.4 Å². The topological polar surface area (TPSA) is 96.0 Å². The molecular weight excluding hydrogens is 430 g/mol. The Labute approximate surface area is 190 Å². The van der Waals surface area contributed by atoms with Crippen molar-refractivity contribution in [1.82, 2.24) is 10.2 Å². The quantitative estimate of drug-likeness (QED) is 0.586. The zero-order chi connectivity index (χ0) is 23.9. The maximum absolute atomic E-state index is 13.4. The molecule has 0 aromatic heterocycles. The molecule has 0 bridgehead atoms. The summed E-state index contributed by atoms with van der Waals surface area (Å²) in [6, 6.07) is 13.3. The highest BCUT2D eigenvalue weighted by atomic mass is 32.2. The normalized spacial score (nSPS) is 12.0. The van der Waals surface area contributed by atoms with Crippen LogP contribution in [0.25, 0.3) is 0 Å². The second-order valence-corrected chi connectivity index (χ2v) is 9.46. The molecule has 8 nitrogen and oxygen atoms in total. The molecule has 174 valence electrons. The summed E-state index contributed by atoms with van der Waals surface area (Å²) in [5.74, 6) is -0.180. The van der Waals surface area contributed by atoms with Crippen molar-refractivity contribution < 1.29 is 22.7 Å². The lowest BCUT2D eigenvalue weighted by Crippen LogP contribution is -2.51. The van der Waals surface area contributed by atoms with Crippen molar-refractivity contribution in [3.05, 3.63) is 59.7 Å². The van der Waals surface area contributed by atoms with E-state index in [0.29, 0.717) is 18.0 Å². The number of sulfonamides is 1. The van der Waals surface area contributed by atoms with Gasteiger partial charge in [-0.1, -0.05) is 29.8 Å². The van der Waals surface area contributed by atoms with Gasteiger partial charge < -0.3 is 15.0 Å². The number of hydrogen-bond acceptors (Lipinski definition) is 5. The summed E-state index contributed by atoms with van der Waals surface area (Å²) in [6.45, 7) is 5.43. The fraction of sp³-hybridized carbons (Fsp3) is 0.391. The third kappa shape index (κ3) is 6.71. The molecule has 1 atom stereocenters. The molecule has 1 unspecified atom stereocenters. The Morgan fingerprint density at radius 3 is 2.34 bits per heavy atom. The lowest BCUT2D eigenvalue weighted by atomic mass is 10.1. The van der Waals surface area contributed by atoms with Gasteiger partial charge in [0.25, 0.3) is 0 Å². The molecule has 0 aliphatic rings. The van der Waals surface area contributed by atoms with Crippen LogP contribution in [0.4, 0.5) is 5.69 Å². The van der Waals surface area contributed by atoms with E-state index in [1.165, 1.54) is 4.90 Å². The van der Waals surface area contributed by atoms with Crippen molar-refractivity contribution in [3.8, 4) is 5.75 Å². The Bertz CT molecular complexity index is 1040. The Morgan fingerprint density at radius 2 is 1.78 bits per heavy atom. The highest BCUT2D eigenvalue weighted by Gasteiger charge is 2.29. The third-order valence-electron chi connectivity index (χ3n) is 5.01. The average Bonchev–Trinajstić information content (AvgIpc) is 2.75.